The second kappa shape index (κ2) is 6.61. The van der Waals surface area contributed by atoms with E-state index in [1.165, 1.54) is 71.6 Å². The molecule has 2 heterocycles. The molecule has 2 nitrogen and oxygen atoms in total. The zero-order valence-corrected chi connectivity index (χ0v) is 18.7. The molecule has 2 heteroatoms. The standard InChI is InChI=1S/C32H22N2/c1-2-8-20(9-3-1)22-11-6-12-24(18-22)34-28-15-5-4-13-25(28)26-19-23-17-16-21-10-7-14-27-29(21)30(23)31(33-27)32(26)34/h1-15,18-19,33H,16-17H2. The van der Waals surface area contributed by atoms with Gasteiger partial charge >= 0.3 is 0 Å². The number of rotatable bonds is 2. The van der Waals surface area contributed by atoms with Crippen molar-refractivity contribution in [1.82, 2.24) is 9.55 Å². The predicted molar refractivity (Wildman–Crippen MR) is 143 cm³/mol. The van der Waals surface area contributed by atoms with E-state index in [2.05, 4.69) is 113 Å². The van der Waals surface area contributed by atoms with Crippen LogP contribution < -0.4 is 0 Å². The number of aromatic nitrogens is 2. The molecule has 160 valence electrons. The van der Waals surface area contributed by atoms with Gasteiger partial charge in [-0.05, 0) is 65.4 Å². The molecule has 1 N–H and O–H groups in total. The van der Waals surface area contributed by atoms with Crippen LogP contribution in [0.2, 0.25) is 0 Å². The molecule has 0 atom stereocenters. The van der Waals surface area contributed by atoms with Gasteiger partial charge in [0.1, 0.15) is 0 Å². The lowest BCUT2D eigenvalue weighted by molar-refractivity contribution is 0.971. The number of nitrogens with zero attached hydrogens (tertiary/aromatic N) is 1. The summed E-state index contributed by atoms with van der Waals surface area (Å²) in [6.07, 6.45) is 2.21. The largest absolute Gasteiger partial charge is 0.353 e. The van der Waals surface area contributed by atoms with Crippen molar-refractivity contribution in [3.63, 3.8) is 0 Å². The summed E-state index contributed by atoms with van der Waals surface area (Å²) in [5, 5.41) is 5.46. The first kappa shape index (κ1) is 18.2. The van der Waals surface area contributed by atoms with E-state index in [0.717, 1.165) is 12.8 Å². The highest BCUT2D eigenvalue weighted by Gasteiger charge is 2.23. The minimum atomic E-state index is 1.10. The molecule has 0 radical (unpaired) electrons. The number of para-hydroxylation sites is 1. The minimum Gasteiger partial charge on any atom is -0.353 e. The van der Waals surface area contributed by atoms with Gasteiger partial charge in [-0.15, -0.1) is 0 Å². The normalized spacial score (nSPS) is 13.1. The molecule has 2 aromatic heterocycles. The van der Waals surface area contributed by atoms with Crippen molar-refractivity contribution in [3.8, 4) is 16.8 Å². The maximum atomic E-state index is 3.84. The lowest BCUT2D eigenvalue weighted by Crippen LogP contribution is -2.00. The van der Waals surface area contributed by atoms with Gasteiger partial charge < -0.3 is 9.55 Å². The van der Waals surface area contributed by atoms with Crippen LogP contribution in [0.4, 0.5) is 0 Å². The summed E-state index contributed by atoms with van der Waals surface area (Å²) in [7, 11) is 0. The van der Waals surface area contributed by atoms with Crippen LogP contribution >= 0.6 is 0 Å². The summed E-state index contributed by atoms with van der Waals surface area (Å²) in [6.45, 7) is 0. The van der Waals surface area contributed by atoms with Crippen LogP contribution in [0.5, 0.6) is 0 Å². The number of aryl methyl sites for hydroxylation is 2. The van der Waals surface area contributed by atoms with Crippen molar-refractivity contribution in [3.05, 3.63) is 114 Å². The topological polar surface area (TPSA) is 20.7 Å². The Morgan fingerprint density at radius 1 is 0.588 bits per heavy atom. The van der Waals surface area contributed by atoms with Gasteiger partial charge in [0.15, 0.2) is 0 Å². The number of nitrogens with one attached hydrogen (secondary N) is 1. The Kier molecular flexibility index (Phi) is 3.53. The summed E-state index contributed by atoms with van der Waals surface area (Å²) >= 11 is 0. The SMILES string of the molecule is c1ccc(-c2cccc(-n3c4ccccc4c4cc5c6c([nH]c7cccc(c76)CC5)c43)c2)cc1. The van der Waals surface area contributed by atoms with Crippen molar-refractivity contribution >= 4 is 43.6 Å². The first-order valence-corrected chi connectivity index (χ1v) is 12.0. The maximum absolute atomic E-state index is 3.84. The summed E-state index contributed by atoms with van der Waals surface area (Å²) in [4.78, 5) is 3.84. The minimum absolute atomic E-state index is 1.10. The zero-order chi connectivity index (χ0) is 22.2. The van der Waals surface area contributed by atoms with Crippen LogP contribution in [-0.2, 0) is 12.8 Å². The van der Waals surface area contributed by atoms with E-state index >= 15 is 0 Å². The Labute approximate surface area is 197 Å². The molecule has 8 rings (SSSR count). The Bertz CT molecular complexity index is 1900. The molecule has 0 fully saturated rings. The second-order valence-corrected chi connectivity index (χ2v) is 9.42. The van der Waals surface area contributed by atoms with Crippen LogP contribution in [0, 0.1) is 0 Å². The maximum Gasteiger partial charge on any atom is 0.0783 e. The fourth-order valence-corrected chi connectivity index (χ4v) is 6.12. The van der Waals surface area contributed by atoms with E-state index in [0.29, 0.717) is 0 Å². The Morgan fingerprint density at radius 3 is 2.32 bits per heavy atom. The Balaban J connectivity index is 1.55. The fourth-order valence-electron chi connectivity index (χ4n) is 6.12. The van der Waals surface area contributed by atoms with Crippen LogP contribution in [-0.4, -0.2) is 9.55 Å². The molecule has 34 heavy (non-hydrogen) atoms. The molecular weight excluding hydrogens is 412 g/mol. The predicted octanol–water partition coefficient (Wildman–Crippen LogP) is 8.18. The second-order valence-electron chi connectivity index (χ2n) is 9.42. The molecule has 5 aromatic carbocycles. The highest BCUT2D eigenvalue weighted by Crippen LogP contribution is 2.43. The van der Waals surface area contributed by atoms with Crippen LogP contribution in [0.1, 0.15) is 11.1 Å². The number of hydrogen-bond acceptors (Lipinski definition) is 0. The number of fused-ring (bicyclic) bond motifs is 4. The molecule has 1 aliphatic carbocycles. The summed E-state index contributed by atoms with van der Waals surface area (Å²) in [5.74, 6) is 0. The fraction of sp³-hybridized carbons (Fsp3) is 0.0625. The van der Waals surface area contributed by atoms with Crippen LogP contribution in [0.25, 0.3) is 60.4 Å². The van der Waals surface area contributed by atoms with Crippen molar-refractivity contribution in [2.75, 3.05) is 0 Å². The van der Waals surface area contributed by atoms with Crippen LogP contribution in [0.3, 0.4) is 0 Å². The van der Waals surface area contributed by atoms with Gasteiger partial charge in [0.25, 0.3) is 0 Å². The van der Waals surface area contributed by atoms with Gasteiger partial charge in [0.2, 0.25) is 0 Å². The van der Waals surface area contributed by atoms with E-state index in [-0.39, 0.29) is 0 Å². The number of benzene rings is 5. The smallest absolute Gasteiger partial charge is 0.0783 e. The van der Waals surface area contributed by atoms with E-state index in [9.17, 15) is 0 Å². The van der Waals surface area contributed by atoms with E-state index < -0.39 is 0 Å². The van der Waals surface area contributed by atoms with Crippen molar-refractivity contribution in [1.29, 1.82) is 0 Å². The summed E-state index contributed by atoms with van der Waals surface area (Å²) in [5.41, 5.74) is 11.6. The Hall–Kier alpha value is -4.30. The molecule has 0 spiro atoms. The van der Waals surface area contributed by atoms with Crippen molar-refractivity contribution in [2.45, 2.75) is 12.8 Å². The molecule has 0 saturated carbocycles. The van der Waals surface area contributed by atoms with Gasteiger partial charge in [0.05, 0.1) is 16.6 Å². The first-order valence-electron chi connectivity index (χ1n) is 12.0. The van der Waals surface area contributed by atoms with E-state index in [4.69, 9.17) is 0 Å². The molecule has 0 amide bonds. The number of hydrogen-bond donors (Lipinski definition) is 1. The molecule has 7 aromatic rings. The van der Waals surface area contributed by atoms with Gasteiger partial charge in [0, 0.05) is 32.7 Å². The summed E-state index contributed by atoms with van der Waals surface area (Å²) in [6, 6.07) is 37.6. The highest BCUT2D eigenvalue weighted by molar-refractivity contribution is 6.24. The molecule has 0 unspecified atom stereocenters. The average molecular weight is 435 g/mol. The van der Waals surface area contributed by atoms with Gasteiger partial charge in [-0.3, -0.25) is 0 Å². The first-order chi connectivity index (χ1) is 16.9. The quantitative estimate of drug-likeness (QED) is 0.283. The molecule has 0 saturated heterocycles. The number of H-pyrrole nitrogens is 1. The summed E-state index contributed by atoms with van der Waals surface area (Å²) < 4.78 is 2.46. The monoisotopic (exact) mass is 434 g/mol. The van der Waals surface area contributed by atoms with E-state index in [1.807, 2.05) is 0 Å². The average Bonchev–Trinajstić information content (AvgIpc) is 3.45. The third-order valence-electron chi connectivity index (χ3n) is 7.58. The van der Waals surface area contributed by atoms with Crippen LogP contribution in [0.15, 0.2) is 103 Å². The lowest BCUT2D eigenvalue weighted by Gasteiger charge is -2.15. The lowest BCUT2D eigenvalue weighted by atomic mass is 9.90. The molecule has 0 aliphatic heterocycles. The third kappa shape index (κ3) is 2.35. The molecule has 0 bridgehead atoms. The van der Waals surface area contributed by atoms with E-state index in [1.54, 1.807) is 0 Å². The van der Waals surface area contributed by atoms with Crippen molar-refractivity contribution in [2.24, 2.45) is 0 Å². The zero-order valence-electron chi connectivity index (χ0n) is 18.7. The third-order valence-corrected chi connectivity index (χ3v) is 7.58. The van der Waals surface area contributed by atoms with Gasteiger partial charge in [-0.1, -0.05) is 72.8 Å². The molecular formula is C32H22N2. The molecule has 1 aliphatic rings. The Morgan fingerprint density at radius 2 is 1.38 bits per heavy atom. The highest BCUT2D eigenvalue weighted by atomic mass is 15.0. The van der Waals surface area contributed by atoms with Gasteiger partial charge in [-0.25, -0.2) is 0 Å². The van der Waals surface area contributed by atoms with Crippen molar-refractivity contribution < 1.29 is 0 Å². The number of aromatic amines is 1. The van der Waals surface area contributed by atoms with Gasteiger partial charge in [-0.2, -0.15) is 0 Å².